The lowest BCUT2D eigenvalue weighted by Crippen LogP contribution is -2.53. The minimum absolute atomic E-state index is 0.360. The summed E-state index contributed by atoms with van der Waals surface area (Å²) in [6, 6.07) is 8.12. The normalized spacial score (nSPS) is 20.0. The van der Waals surface area contributed by atoms with Crippen LogP contribution in [0, 0.1) is 0 Å². The third-order valence-electron chi connectivity index (χ3n) is 4.72. The highest BCUT2D eigenvalue weighted by molar-refractivity contribution is 7.80. The van der Waals surface area contributed by atoms with Gasteiger partial charge < -0.3 is 20.2 Å². The number of rotatable bonds is 2. The number of nitrogens with one attached hydrogen (secondary N) is 1. The van der Waals surface area contributed by atoms with E-state index in [1.165, 1.54) is 32.1 Å². The molecule has 0 bridgehead atoms. The number of anilines is 1. The van der Waals surface area contributed by atoms with Crippen molar-refractivity contribution in [2.45, 2.75) is 38.1 Å². The van der Waals surface area contributed by atoms with Crippen molar-refractivity contribution < 1.29 is 5.11 Å². The molecule has 4 nitrogen and oxygen atoms in total. The summed E-state index contributed by atoms with van der Waals surface area (Å²) in [4.78, 5) is 4.50. The minimum Gasteiger partial charge on any atom is -0.506 e. The van der Waals surface area contributed by atoms with Crippen molar-refractivity contribution >= 4 is 23.0 Å². The molecule has 22 heavy (non-hydrogen) atoms. The Hall–Kier alpha value is -1.49. The van der Waals surface area contributed by atoms with Crippen LogP contribution in [0.5, 0.6) is 5.75 Å². The number of para-hydroxylation sites is 2. The van der Waals surface area contributed by atoms with Crippen molar-refractivity contribution in [1.82, 2.24) is 10.2 Å². The van der Waals surface area contributed by atoms with Crippen LogP contribution in [0.4, 0.5) is 5.69 Å². The number of hydrogen-bond donors (Lipinski definition) is 2. The third-order valence-corrected chi connectivity index (χ3v) is 5.10. The second kappa shape index (κ2) is 7.18. The summed E-state index contributed by atoms with van der Waals surface area (Å²) < 4.78 is 0. The number of piperazine rings is 1. The molecular weight excluding hydrogens is 294 g/mol. The second-order valence-corrected chi connectivity index (χ2v) is 6.63. The molecule has 0 unspecified atom stereocenters. The summed E-state index contributed by atoms with van der Waals surface area (Å²) in [6.45, 7) is 3.61. The highest BCUT2D eigenvalue weighted by atomic mass is 32.1. The average Bonchev–Trinajstić information content (AvgIpc) is 2.56. The van der Waals surface area contributed by atoms with E-state index in [4.69, 9.17) is 12.2 Å². The van der Waals surface area contributed by atoms with E-state index in [1.807, 2.05) is 18.2 Å². The van der Waals surface area contributed by atoms with Crippen molar-refractivity contribution in [3.63, 3.8) is 0 Å². The van der Waals surface area contributed by atoms with E-state index in [2.05, 4.69) is 15.1 Å². The Labute approximate surface area is 138 Å². The third kappa shape index (κ3) is 3.64. The molecule has 1 aliphatic carbocycles. The van der Waals surface area contributed by atoms with E-state index in [-0.39, 0.29) is 0 Å². The van der Waals surface area contributed by atoms with Crippen LogP contribution < -0.4 is 10.2 Å². The molecule has 5 heteroatoms. The predicted molar refractivity (Wildman–Crippen MR) is 94.5 cm³/mol. The van der Waals surface area contributed by atoms with Crippen LogP contribution in [-0.4, -0.2) is 47.3 Å². The van der Waals surface area contributed by atoms with Gasteiger partial charge in [-0.2, -0.15) is 0 Å². The summed E-state index contributed by atoms with van der Waals surface area (Å²) >= 11 is 5.58. The zero-order valence-electron chi connectivity index (χ0n) is 13.0. The number of phenols is 1. The fraction of sp³-hybridized carbons (Fsp3) is 0.588. The fourth-order valence-electron chi connectivity index (χ4n) is 3.39. The van der Waals surface area contributed by atoms with Gasteiger partial charge in [0.25, 0.3) is 0 Å². The Kier molecular flexibility index (Phi) is 5.03. The van der Waals surface area contributed by atoms with E-state index in [1.54, 1.807) is 6.07 Å². The smallest absolute Gasteiger partial charge is 0.169 e. The lowest BCUT2D eigenvalue weighted by atomic mass is 9.96. The molecule has 1 aromatic carbocycles. The molecule has 2 fully saturated rings. The Bertz CT molecular complexity index is 508. The quantitative estimate of drug-likeness (QED) is 0.820. The van der Waals surface area contributed by atoms with Crippen LogP contribution in [0.2, 0.25) is 0 Å². The molecule has 2 N–H and O–H groups in total. The number of aromatic hydroxyl groups is 1. The number of thiocarbonyl (C=S) groups is 1. The summed E-state index contributed by atoms with van der Waals surface area (Å²) in [5, 5.41) is 14.4. The monoisotopic (exact) mass is 319 g/mol. The molecule has 0 radical (unpaired) electrons. The molecule has 1 aromatic rings. The van der Waals surface area contributed by atoms with Crippen LogP contribution in [0.3, 0.4) is 0 Å². The van der Waals surface area contributed by atoms with Crippen LogP contribution in [0.15, 0.2) is 24.3 Å². The first-order valence-corrected chi connectivity index (χ1v) is 8.73. The van der Waals surface area contributed by atoms with Crippen molar-refractivity contribution in [3.8, 4) is 5.75 Å². The van der Waals surface area contributed by atoms with Gasteiger partial charge >= 0.3 is 0 Å². The van der Waals surface area contributed by atoms with Crippen molar-refractivity contribution in [1.29, 1.82) is 0 Å². The van der Waals surface area contributed by atoms with E-state index in [9.17, 15) is 5.11 Å². The number of nitrogens with zero attached hydrogens (tertiary/aromatic N) is 2. The van der Waals surface area contributed by atoms with Crippen LogP contribution in [-0.2, 0) is 0 Å². The maximum Gasteiger partial charge on any atom is 0.169 e. The van der Waals surface area contributed by atoms with Gasteiger partial charge in [-0.1, -0.05) is 31.4 Å². The van der Waals surface area contributed by atoms with Gasteiger partial charge in [0.1, 0.15) is 5.75 Å². The van der Waals surface area contributed by atoms with Gasteiger partial charge in [0.2, 0.25) is 0 Å². The molecule has 2 aliphatic rings. The maximum atomic E-state index is 9.96. The molecule has 120 valence electrons. The highest BCUT2D eigenvalue weighted by Crippen LogP contribution is 2.27. The van der Waals surface area contributed by atoms with Crippen molar-refractivity contribution in [3.05, 3.63) is 24.3 Å². The summed E-state index contributed by atoms with van der Waals surface area (Å²) in [6.07, 6.45) is 6.50. The summed E-state index contributed by atoms with van der Waals surface area (Å²) in [5.41, 5.74) is 0.924. The Morgan fingerprint density at radius 3 is 2.41 bits per heavy atom. The zero-order chi connectivity index (χ0) is 15.4. The lowest BCUT2D eigenvalue weighted by molar-refractivity contribution is 0.353. The second-order valence-electron chi connectivity index (χ2n) is 6.25. The minimum atomic E-state index is 0.360. The largest absolute Gasteiger partial charge is 0.506 e. The number of hydrogen-bond acceptors (Lipinski definition) is 3. The molecule has 0 amide bonds. The fourth-order valence-corrected chi connectivity index (χ4v) is 3.74. The predicted octanol–water partition coefficient (Wildman–Crippen LogP) is 2.72. The maximum absolute atomic E-state index is 9.96. The highest BCUT2D eigenvalue weighted by Gasteiger charge is 2.22. The van der Waals surface area contributed by atoms with Crippen LogP contribution in [0.25, 0.3) is 0 Å². The Morgan fingerprint density at radius 2 is 1.73 bits per heavy atom. The van der Waals surface area contributed by atoms with Crippen LogP contribution in [0.1, 0.15) is 32.1 Å². The molecule has 0 spiro atoms. The van der Waals surface area contributed by atoms with E-state index in [0.717, 1.165) is 37.0 Å². The van der Waals surface area contributed by atoms with E-state index >= 15 is 0 Å². The molecule has 0 aromatic heterocycles. The first-order valence-electron chi connectivity index (χ1n) is 8.32. The molecule has 1 heterocycles. The topological polar surface area (TPSA) is 38.7 Å². The molecule has 0 atom stereocenters. The standard InChI is InChI=1S/C17H25N3OS/c21-16-9-5-4-8-15(16)19-10-12-20(13-11-19)17(22)18-14-6-2-1-3-7-14/h4-5,8-9,14,21H,1-3,6-7,10-13H2,(H,18,22). The summed E-state index contributed by atoms with van der Waals surface area (Å²) in [5.74, 6) is 0.360. The van der Waals surface area contributed by atoms with Gasteiger partial charge in [-0.25, -0.2) is 0 Å². The van der Waals surface area contributed by atoms with Crippen molar-refractivity contribution in [2.24, 2.45) is 0 Å². The van der Waals surface area contributed by atoms with Gasteiger partial charge in [0, 0.05) is 32.2 Å². The van der Waals surface area contributed by atoms with E-state index in [0.29, 0.717) is 11.8 Å². The van der Waals surface area contributed by atoms with Gasteiger partial charge in [-0.15, -0.1) is 0 Å². The molecule has 1 aliphatic heterocycles. The molecule has 1 saturated heterocycles. The Morgan fingerprint density at radius 1 is 1.05 bits per heavy atom. The zero-order valence-corrected chi connectivity index (χ0v) is 13.8. The van der Waals surface area contributed by atoms with Gasteiger partial charge in [0.05, 0.1) is 5.69 Å². The average molecular weight is 319 g/mol. The molecule has 1 saturated carbocycles. The SMILES string of the molecule is Oc1ccccc1N1CCN(C(=S)NC2CCCCC2)CC1. The Balaban J connectivity index is 1.51. The molecule has 3 rings (SSSR count). The first-order chi connectivity index (χ1) is 10.7. The van der Waals surface area contributed by atoms with Gasteiger partial charge in [-0.3, -0.25) is 0 Å². The molecular formula is C17H25N3OS. The van der Waals surface area contributed by atoms with Gasteiger partial charge in [0.15, 0.2) is 5.11 Å². The first kappa shape index (κ1) is 15.4. The summed E-state index contributed by atoms with van der Waals surface area (Å²) in [7, 11) is 0. The van der Waals surface area contributed by atoms with E-state index < -0.39 is 0 Å². The lowest BCUT2D eigenvalue weighted by Gasteiger charge is -2.38. The van der Waals surface area contributed by atoms with Crippen molar-refractivity contribution in [2.75, 3.05) is 31.1 Å². The number of benzene rings is 1. The van der Waals surface area contributed by atoms with Gasteiger partial charge in [-0.05, 0) is 37.2 Å². The van der Waals surface area contributed by atoms with Crippen LogP contribution >= 0.6 is 12.2 Å². The number of phenolic OH excluding ortho intramolecular Hbond substituents is 1.